The molecule has 0 unspecified atom stereocenters. The van der Waals surface area contributed by atoms with Gasteiger partial charge in [0.1, 0.15) is 5.76 Å². The molecule has 0 atom stereocenters. The number of allylic oxidation sites excluding steroid dienone is 1. The first-order valence-corrected chi connectivity index (χ1v) is 3.86. The van der Waals surface area contributed by atoms with Crippen molar-refractivity contribution in [1.82, 2.24) is 0 Å². The van der Waals surface area contributed by atoms with Crippen LogP contribution in [0.2, 0.25) is 0 Å². The Kier molecular flexibility index (Phi) is 5.65. The van der Waals surface area contributed by atoms with E-state index in [-0.39, 0.29) is 5.88 Å². The molecule has 0 aliphatic carbocycles. The van der Waals surface area contributed by atoms with E-state index in [1.54, 1.807) is 0 Å². The van der Waals surface area contributed by atoms with E-state index in [0.717, 1.165) is 12.5 Å². The minimum Gasteiger partial charge on any atom is -0.496 e. The summed E-state index contributed by atoms with van der Waals surface area (Å²) in [4.78, 5) is 10.1. The first-order chi connectivity index (χ1) is 5.20. The lowest BCUT2D eigenvalue weighted by Gasteiger charge is -2.03. The molecule has 0 aromatic carbocycles. The van der Waals surface area contributed by atoms with Gasteiger partial charge in [0.2, 0.25) is 0 Å². The summed E-state index contributed by atoms with van der Waals surface area (Å²) in [5.74, 6) is -0.621. The lowest BCUT2D eigenvalue weighted by Crippen LogP contribution is -1.99. The second-order valence-electron chi connectivity index (χ2n) is 1.93. The second kappa shape index (κ2) is 6.04. The van der Waals surface area contributed by atoms with Gasteiger partial charge in [0.15, 0.2) is 0 Å². The molecule has 0 aromatic rings. The summed E-state index contributed by atoms with van der Waals surface area (Å²) in [6.07, 6.45) is 1.82. The van der Waals surface area contributed by atoms with Gasteiger partial charge >= 0.3 is 5.97 Å². The Morgan fingerprint density at radius 2 is 2.36 bits per heavy atom. The van der Waals surface area contributed by atoms with Gasteiger partial charge in [-0.15, -0.1) is 11.6 Å². The minimum atomic E-state index is -1.03. The van der Waals surface area contributed by atoms with Crippen LogP contribution in [0, 0.1) is 0 Å². The summed E-state index contributed by atoms with van der Waals surface area (Å²) in [6.45, 7) is 2.44. The van der Waals surface area contributed by atoms with Crippen molar-refractivity contribution in [3.8, 4) is 0 Å². The smallest absolute Gasteiger partial charge is 0.331 e. The number of aliphatic carboxylic acids is 1. The molecular formula is C7H11ClO3. The lowest BCUT2D eigenvalue weighted by atomic mass is 10.4. The van der Waals surface area contributed by atoms with E-state index in [9.17, 15) is 4.79 Å². The maximum atomic E-state index is 10.1. The molecule has 0 saturated carbocycles. The predicted molar refractivity (Wildman–Crippen MR) is 42.7 cm³/mol. The fourth-order valence-electron chi connectivity index (χ4n) is 0.490. The molecule has 1 N–H and O–H groups in total. The Morgan fingerprint density at radius 1 is 1.73 bits per heavy atom. The van der Waals surface area contributed by atoms with E-state index in [1.165, 1.54) is 0 Å². The van der Waals surface area contributed by atoms with E-state index in [4.69, 9.17) is 21.4 Å². The molecule has 0 aliphatic heterocycles. The van der Waals surface area contributed by atoms with Gasteiger partial charge in [-0.3, -0.25) is 0 Å². The Hall–Kier alpha value is -0.700. The SMILES string of the molecule is CCCO/C(=C/C(=O)O)CCl. The van der Waals surface area contributed by atoms with Crippen molar-refractivity contribution in [3.05, 3.63) is 11.8 Å². The summed E-state index contributed by atoms with van der Waals surface area (Å²) in [6, 6.07) is 0. The zero-order valence-corrected chi connectivity index (χ0v) is 7.10. The van der Waals surface area contributed by atoms with Gasteiger partial charge in [0, 0.05) is 0 Å². The molecule has 0 amide bonds. The normalized spacial score (nSPS) is 11.3. The Bertz CT molecular complexity index is 154. The average molecular weight is 179 g/mol. The van der Waals surface area contributed by atoms with Gasteiger partial charge in [0.05, 0.1) is 18.6 Å². The number of carbonyl (C=O) groups is 1. The quantitative estimate of drug-likeness (QED) is 0.395. The topological polar surface area (TPSA) is 46.5 Å². The van der Waals surface area contributed by atoms with Gasteiger partial charge < -0.3 is 9.84 Å². The van der Waals surface area contributed by atoms with Crippen molar-refractivity contribution in [3.63, 3.8) is 0 Å². The number of rotatable bonds is 5. The molecule has 64 valence electrons. The summed E-state index contributed by atoms with van der Waals surface area (Å²) in [5, 5.41) is 8.30. The molecule has 0 aliphatic rings. The van der Waals surface area contributed by atoms with Gasteiger partial charge in [-0.1, -0.05) is 6.92 Å². The van der Waals surface area contributed by atoms with E-state index in [1.807, 2.05) is 6.92 Å². The number of ether oxygens (including phenoxy) is 1. The van der Waals surface area contributed by atoms with Crippen LogP contribution in [0.4, 0.5) is 0 Å². The highest BCUT2D eigenvalue weighted by atomic mass is 35.5. The molecule has 4 heteroatoms. The summed E-state index contributed by atoms with van der Waals surface area (Å²) < 4.78 is 5.00. The largest absolute Gasteiger partial charge is 0.496 e. The van der Waals surface area contributed by atoms with E-state index >= 15 is 0 Å². The third kappa shape index (κ3) is 5.73. The van der Waals surface area contributed by atoms with Gasteiger partial charge in [-0.05, 0) is 6.42 Å². The molecular weight excluding hydrogens is 168 g/mol. The Morgan fingerprint density at radius 3 is 2.73 bits per heavy atom. The van der Waals surface area contributed by atoms with Crippen LogP contribution >= 0.6 is 11.6 Å². The molecule has 0 spiro atoms. The zero-order valence-electron chi connectivity index (χ0n) is 6.34. The zero-order chi connectivity index (χ0) is 8.69. The van der Waals surface area contributed by atoms with E-state index in [2.05, 4.69) is 0 Å². The molecule has 0 bridgehead atoms. The van der Waals surface area contributed by atoms with Crippen LogP contribution in [0.5, 0.6) is 0 Å². The third-order valence-corrected chi connectivity index (χ3v) is 1.17. The van der Waals surface area contributed by atoms with Crippen molar-refractivity contribution in [2.75, 3.05) is 12.5 Å². The number of hydrogen-bond acceptors (Lipinski definition) is 2. The molecule has 0 radical (unpaired) electrons. The summed E-state index contributed by atoms with van der Waals surface area (Å²) in [5.41, 5.74) is 0. The van der Waals surface area contributed by atoms with Crippen LogP contribution in [0.15, 0.2) is 11.8 Å². The summed E-state index contributed by atoms with van der Waals surface area (Å²) in [7, 11) is 0. The summed E-state index contributed by atoms with van der Waals surface area (Å²) >= 11 is 5.39. The standard InChI is InChI=1S/C7H11ClO3/c1-2-3-11-6(5-8)4-7(9)10/h4H,2-3,5H2,1H3,(H,9,10)/b6-4+. The maximum Gasteiger partial charge on any atom is 0.331 e. The Labute approximate surface area is 70.6 Å². The van der Waals surface area contributed by atoms with Crippen molar-refractivity contribution in [2.45, 2.75) is 13.3 Å². The average Bonchev–Trinajstić information content (AvgIpc) is 1.97. The first-order valence-electron chi connectivity index (χ1n) is 3.33. The van der Waals surface area contributed by atoms with Crippen molar-refractivity contribution < 1.29 is 14.6 Å². The molecule has 0 rings (SSSR count). The van der Waals surface area contributed by atoms with Crippen molar-refractivity contribution in [2.24, 2.45) is 0 Å². The van der Waals surface area contributed by atoms with E-state index < -0.39 is 5.97 Å². The third-order valence-electron chi connectivity index (χ3n) is 0.908. The fraction of sp³-hybridized carbons (Fsp3) is 0.571. The Balaban J connectivity index is 3.84. The number of alkyl halides is 1. The number of carboxylic acids is 1. The maximum absolute atomic E-state index is 10.1. The number of carboxylic acid groups (broad SMARTS) is 1. The minimum absolute atomic E-state index is 0.103. The lowest BCUT2D eigenvalue weighted by molar-refractivity contribution is -0.131. The monoisotopic (exact) mass is 178 g/mol. The highest BCUT2D eigenvalue weighted by Gasteiger charge is 1.98. The highest BCUT2D eigenvalue weighted by Crippen LogP contribution is 2.00. The molecule has 0 aromatic heterocycles. The van der Waals surface area contributed by atoms with Crippen molar-refractivity contribution in [1.29, 1.82) is 0 Å². The molecule has 11 heavy (non-hydrogen) atoms. The molecule has 0 saturated heterocycles. The van der Waals surface area contributed by atoms with Crippen LogP contribution in [0.1, 0.15) is 13.3 Å². The predicted octanol–water partition coefficient (Wildman–Crippen LogP) is 1.62. The van der Waals surface area contributed by atoms with Crippen LogP contribution in [-0.4, -0.2) is 23.6 Å². The first kappa shape index (κ1) is 10.3. The van der Waals surface area contributed by atoms with Gasteiger partial charge in [-0.25, -0.2) is 4.79 Å². The molecule has 0 heterocycles. The van der Waals surface area contributed by atoms with Crippen LogP contribution in [0.25, 0.3) is 0 Å². The van der Waals surface area contributed by atoms with Gasteiger partial charge in [0.25, 0.3) is 0 Å². The van der Waals surface area contributed by atoms with Crippen LogP contribution in [0.3, 0.4) is 0 Å². The van der Waals surface area contributed by atoms with E-state index in [0.29, 0.717) is 12.4 Å². The number of hydrogen-bond donors (Lipinski definition) is 1. The number of halogens is 1. The van der Waals surface area contributed by atoms with Crippen LogP contribution < -0.4 is 0 Å². The van der Waals surface area contributed by atoms with Gasteiger partial charge in [-0.2, -0.15) is 0 Å². The molecule has 3 nitrogen and oxygen atoms in total. The van der Waals surface area contributed by atoms with Crippen molar-refractivity contribution >= 4 is 17.6 Å². The second-order valence-corrected chi connectivity index (χ2v) is 2.20. The fourth-order valence-corrected chi connectivity index (χ4v) is 0.644. The highest BCUT2D eigenvalue weighted by molar-refractivity contribution is 6.19. The molecule has 0 fully saturated rings. The van der Waals surface area contributed by atoms with Crippen LogP contribution in [-0.2, 0) is 9.53 Å².